The molecule has 1 N–H and O–H groups in total. The highest BCUT2D eigenvalue weighted by molar-refractivity contribution is 5.01. The molecule has 2 rings (SSSR count). The number of rotatable bonds is 4. The van der Waals surface area contributed by atoms with Crippen LogP contribution in [0.3, 0.4) is 0 Å². The van der Waals surface area contributed by atoms with Crippen LogP contribution in [0.15, 0.2) is 0 Å². The van der Waals surface area contributed by atoms with E-state index in [1.807, 2.05) is 0 Å². The van der Waals surface area contributed by atoms with Crippen LogP contribution in [0.2, 0.25) is 0 Å². The van der Waals surface area contributed by atoms with Crippen LogP contribution in [0, 0.1) is 28.6 Å². The minimum absolute atomic E-state index is 0.0134. The summed E-state index contributed by atoms with van der Waals surface area (Å²) in [5.74, 6) is 2.27. The molecule has 0 aliphatic heterocycles. The van der Waals surface area contributed by atoms with E-state index in [0.29, 0.717) is 16.7 Å². The summed E-state index contributed by atoms with van der Waals surface area (Å²) in [6.45, 7) is 12.0. The van der Waals surface area contributed by atoms with Gasteiger partial charge in [-0.05, 0) is 60.7 Å². The summed E-state index contributed by atoms with van der Waals surface area (Å²) in [7, 11) is 0. The van der Waals surface area contributed by atoms with Gasteiger partial charge in [0.15, 0.2) is 0 Å². The molecule has 5 atom stereocenters. The van der Waals surface area contributed by atoms with Crippen molar-refractivity contribution in [3.63, 3.8) is 0 Å². The van der Waals surface area contributed by atoms with Gasteiger partial charge in [-0.15, -0.1) is 0 Å². The van der Waals surface area contributed by atoms with E-state index in [2.05, 4.69) is 34.6 Å². The fraction of sp³-hybridized carbons (Fsp3) is 1.00. The van der Waals surface area contributed by atoms with Crippen LogP contribution in [0.25, 0.3) is 0 Å². The summed E-state index contributed by atoms with van der Waals surface area (Å²) in [5.41, 5.74) is 0.904. The molecule has 0 spiro atoms. The lowest BCUT2D eigenvalue weighted by Gasteiger charge is -2.45. The Morgan fingerprint density at radius 3 is 2.55 bits per heavy atom. The third-order valence-electron chi connectivity index (χ3n) is 6.44. The number of hydrogen-bond donors (Lipinski definition) is 1. The standard InChI is InChI=1S/C19H36O/c1-14(8-6-12-18(2,3)4)15-10-11-16-17(20)9-7-13-19(15,16)5/h14-17,20H,6-13H2,1-5H3/t14-,15+,16-,17-,19+/m0/s1. The van der Waals surface area contributed by atoms with Gasteiger partial charge in [0.05, 0.1) is 6.10 Å². The summed E-state index contributed by atoms with van der Waals surface area (Å²) in [5, 5.41) is 10.3. The number of aliphatic hydroxyl groups is 1. The van der Waals surface area contributed by atoms with Crippen LogP contribution >= 0.6 is 0 Å². The fourth-order valence-electron chi connectivity index (χ4n) is 5.28. The van der Waals surface area contributed by atoms with Crippen molar-refractivity contribution in [2.75, 3.05) is 0 Å². The molecule has 0 heterocycles. The van der Waals surface area contributed by atoms with Crippen molar-refractivity contribution < 1.29 is 5.11 Å². The molecule has 0 saturated heterocycles. The molecular formula is C19H36O. The van der Waals surface area contributed by atoms with E-state index in [1.54, 1.807) is 0 Å². The van der Waals surface area contributed by atoms with Crippen LogP contribution in [0.1, 0.15) is 86.0 Å². The SMILES string of the molecule is C[C@@H](CCCC(C)(C)C)[C@H]1CC[C@H]2[C@@H](O)CCC[C@]12C. The predicted molar refractivity (Wildman–Crippen MR) is 86.6 cm³/mol. The van der Waals surface area contributed by atoms with Gasteiger partial charge in [-0.25, -0.2) is 0 Å². The van der Waals surface area contributed by atoms with Crippen molar-refractivity contribution in [3.05, 3.63) is 0 Å². The van der Waals surface area contributed by atoms with Gasteiger partial charge in [0.25, 0.3) is 0 Å². The predicted octanol–water partition coefficient (Wildman–Crippen LogP) is 5.42. The Kier molecular flexibility index (Phi) is 4.89. The summed E-state index contributed by atoms with van der Waals surface area (Å²) >= 11 is 0. The molecule has 118 valence electrons. The Bertz CT molecular complexity index is 316. The fourth-order valence-corrected chi connectivity index (χ4v) is 5.28. The Balaban J connectivity index is 1.92. The Labute approximate surface area is 126 Å². The van der Waals surface area contributed by atoms with Crippen molar-refractivity contribution in [1.82, 2.24) is 0 Å². The maximum Gasteiger partial charge on any atom is 0.0573 e. The first-order valence-corrected chi connectivity index (χ1v) is 8.92. The van der Waals surface area contributed by atoms with Crippen molar-refractivity contribution >= 4 is 0 Å². The van der Waals surface area contributed by atoms with E-state index in [0.717, 1.165) is 18.3 Å². The highest BCUT2D eigenvalue weighted by Gasteiger charge is 2.51. The molecule has 2 fully saturated rings. The molecule has 0 aromatic carbocycles. The molecule has 0 amide bonds. The maximum absolute atomic E-state index is 10.3. The first-order chi connectivity index (χ1) is 9.24. The molecule has 20 heavy (non-hydrogen) atoms. The van der Waals surface area contributed by atoms with Gasteiger partial charge in [0.1, 0.15) is 0 Å². The molecule has 2 saturated carbocycles. The van der Waals surface area contributed by atoms with Gasteiger partial charge in [-0.3, -0.25) is 0 Å². The summed E-state index contributed by atoms with van der Waals surface area (Å²) in [4.78, 5) is 0. The highest BCUT2D eigenvalue weighted by Crippen LogP contribution is 2.58. The molecule has 0 aromatic heterocycles. The van der Waals surface area contributed by atoms with E-state index in [4.69, 9.17) is 0 Å². The smallest absolute Gasteiger partial charge is 0.0573 e. The van der Waals surface area contributed by atoms with Crippen LogP contribution in [-0.4, -0.2) is 11.2 Å². The Morgan fingerprint density at radius 2 is 1.90 bits per heavy atom. The lowest BCUT2D eigenvalue weighted by molar-refractivity contribution is -0.0279. The molecular weight excluding hydrogens is 244 g/mol. The second-order valence-corrected chi connectivity index (χ2v) is 9.19. The van der Waals surface area contributed by atoms with Crippen LogP contribution in [-0.2, 0) is 0 Å². The first kappa shape index (κ1) is 16.3. The molecule has 0 unspecified atom stereocenters. The molecule has 1 nitrogen and oxygen atoms in total. The average Bonchev–Trinajstić information content (AvgIpc) is 2.66. The van der Waals surface area contributed by atoms with Gasteiger partial charge in [0.2, 0.25) is 0 Å². The normalized spacial score (nSPS) is 39.6. The Hall–Kier alpha value is -0.0400. The molecule has 2 aliphatic carbocycles. The third kappa shape index (κ3) is 3.40. The van der Waals surface area contributed by atoms with Crippen LogP contribution in [0.4, 0.5) is 0 Å². The van der Waals surface area contributed by atoms with Gasteiger partial charge < -0.3 is 5.11 Å². The molecule has 0 radical (unpaired) electrons. The monoisotopic (exact) mass is 280 g/mol. The van der Waals surface area contributed by atoms with Crippen molar-refractivity contribution in [3.8, 4) is 0 Å². The minimum Gasteiger partial charge on any atom is -0.393 e. The molecule has 0 bridgehead atoms. The molecule has 2 aliphatic rings. The summed E-state index contributed by atoms with van der Waals surface area (Å²) < 4.78 is 0. The second kappa shape index (κ2) is 5.99. The van der Waals surface area contributed by atoms with E-state index in [9.17, 15) is 5.11 Å². The molecule has 1 heteroatoms. The summed E-state index contributed by atoms with van der Waals surface area (Å²) in [6, 6.07) is 0. The zero-order chi connectivity index (χ0) is 15.0. The Morgan fingerprint density at radius 1 is 1.20 bits per heavy atom. The quantitative estimate of drug-likeness (QED) is 0.729. The lowest BCUT2D eigenvalue weighted by Crippen LogP contribution is -2.41. The minimum atomic E-state index is -0.0134. The van der Waals surface area contributed by atoms with Crippen molar-refractivity contribution in [1.29, 1.82) is 0 Å². The zero-order valence-electron chi connectivity index (χ0n) is 14.4. The third-order valence-corrected chi connectivity index (χ3v) is 6.44. The van der Waals surface area contributed by atoms with Gasteiger partial charge in [-0.2, -0.15) is 0 Å². The van der Waals surface area contributed by atoms with Crippen molar-refractivity contribution in [2.45, 2.75) is 92.1 Å². The number of hydrogen-bond acceptors (Lipinski definition) is 1. The van der Waals surface area contributed by atoms with Gasteiger partial charge in [-0.1, -0.05) is 53.9 Å². The first-order valence-electron chi connectivity index (χ1n) is 8.92. The highest BCUT2D eigenvalue weighted by atomic mass is 16.3. The van der Waals surface area contributed by atoms with E-state index in [-0.39, 0.29) is 6.10 Å². The zero-order valence-corrected chi connectivity index (χ0v) is 14.4. The van der Waals surface area contributed by atoms with Gasteiger partial charge in [0, 0.05) is 0 Å². The molecule has 0 aromatic rings. The average molecular weight is 280 g/mol. The maximum atomic E-state index is 10.3. The van der Waals surface area contributed by atoms with Gasteiger partial charge >= 0.3 is 0 Å². The van der Waals surface area contributed by atoms with Crippen LogP contribution < -0.4 is 0 Å². The second-order valence-electron chi connectivity index (χ2n) is 9.19. The van der Waals surface area contributed by atoms with E-state index >= 15 is 0 Å². The largest absolute Gasteiger partial charge is 0.393 e. The number of aliphatic hydroxyl groups excluding tert-OH is 1. The van der Waals surface area contributed by atoms with E-state index < -0.39 is 0 Å². The van der Waals surface area contributed by atoms with Crippen LogP contribution in [0.5, 0.6) is 0 Å². The topological polar surface area (TPSA) is 20.2 Å². The van der Waals surface area contributed by atoms with E-state index in [1.165, 1.54) is 44.9 Å². The number of fused-ring (bicyclic) bond motifs is 1. The van der Waals surface area contributed by atoms with Crippen molar-refractivity contribution in [2.24, 2.45) is 28.6 Å². The lowest BCUT2D eigenvalue weighted by atomic mass is 9.61. The summed E-state index contributed by atoms with van der Waals surface area (Å²) in [6.07, 6.45) is 10.3.